The predicted molar refractivity (Wildman–Crippen MR) is 110 cm³/mol. The minimum Gasteiger partial charge on any atom is -0.370 e. The third-order valence-corrected chi connectivity index (χ3v) is 6.43. The Hall–Kier alpha value is -3.50. The van der Waals surface area contributed by atoms with E-state index in [1.807, 2.05) is 0 Å². The molecule has 1 aromatic carbocycles. The fourth-order valence-electron chi connectivity index (χ4n) is 4.63. The van der Waals surface area contributed by atoms with E-state index < -0.39 is 60.1 Å². The molecule has 4 rings (SSSR count). The summed E-state index contributed by atoms with van der Waals surface area (Å²) >= 11 is 0. The van der Waals surface area contributed by atoms with E-state index in [1.54, 1.807) is 13.0 Å². The maximum Gasteiger partial charge on any atom is 0.265 e. The first-order chi connectivity index (χ1) is 16.0. The molecule has 2 fully saturated rings. The summed E-state index contributed by atoms with van der Waals surface area (Å²) in [7, 11) is 0. The van der Waals surface area contributed by atoms with Crippen molar-refractivity contribution in [2.75, 3.05) is 11.9 Å². The van der Waals surface area contributed by atoms with E-state index in [-0.39, 0.29) is 23.5 Å². The molecule has 13 heteroatoms. The third kappa shape index (κ3) is 4.34. The minimum atomic E-state index is -2.98. The second-order valence-corrected chi connectivity index (χ2v) is 8.68. The number of anilines is 1. The lowest BCUT2D eigenvalue weighted by Crippen LogP contribution is -2.63. The van der Waals surface area contributed by atoms with E-state index in [4.69, 9.17) is 5.26 Å². The van der Waals surface area contributed by atoms with Crippen molar-refractivity contribution in [2.45, 2.75) is 49.9 Å². The molecule has 1 aliphatic carbocycles. The fourth-order valence-corrected chi connectivity index (χ4v) is 4.63. The molecule has 34 heavy (non-hydrogen) atoms. The van der Waals surface area contributed by atoms with Crippen LogP contribution in [0.15, 0.2) is 24.4 Å². The van der Waals surface area contributed by atoms with Gasteiger partial charge >= 0.3 is 0 Å². The van der Waals surface area contributed by atoms with Gasteiger partial charge in [0, 0.05) is 37.3 Å². The quantitative estimate of drug-likeness (QED) is 0.489. The number of amides is 2. The summed E-state index contributed by atoms with van der Waals surface area (Å²) in [6.45, 7) is 1.86. The average Bonchev–Trinajstić information content (AvgIpc) is 3.43. The Morgan fingerprint density at radius 2 is 2.12 bits per heavy atom. The summed E-state index contributed by atoms with van der Waals surface area (Å²) in [5.74, 6) is -5.61. The van der Waals surface area contributed by atoms with Crippen LogP contribution in [0.25, 0.3) is 0 Å². The van der Waals surface area contributed by atoms with E-state index in [2.05, 4.69) is 26.0 Å². The lowest BCUT2D eigenvalue weighted by atomic mass is 9.71. The smallest absolute Gasteiger partial charge is 0.265 e. The number of nitrogens with zero attached hydrogens (tertiary/aromatic N) is 4. The first-order valence-corrected chi connectivity index (χ1v) is 10.6. The molecule has 2 aromatic rings. The zero-order valence-electron chi connectivity index (χ0n) is 18.1. The van der Waals surface area contributed by atoms with Crippen LogP contribution < -0.4 is 10.6 Å². The molecule has 0 bridgehead atoms. The molecule has 2 heterocycles. The first-order valence-electron chi connectivity index (χ1n) is 10.6. The van der Waals surface area contributed by atoms with Gasteiger partial charge in [0.2, 0.25) is 5.91 Å². The number of alkyl halides is 2. The van der Waals surface area contributed by atoms with Crippen LogP contribution in [-0.2, 0) is 15.1 Å². The normalized spacial score (nSPS) is 24.0. The number of aliphatic hydroxyl groups is 1. The van der Waals surface area contributed by atoms with Gasteiger partial charge in [-0.2, -0.15) is 5.26 Å². The number of rotatable bonds is 6. The predicted octanol–water partition coefficient (Wildman–Crippen LogP) is 1.22. The molecule has 1 aromatic heterocycles. The molecule has 2 amide bonds. The number of halogens is 3. The highest BCUT2D eigenvalue weighted by molar-refractivity contribution is 5.93. The van der Waals surface area contributed by atoms with Gasteiger partial charge in [0.1, 0.15) is 17.6 Å². The number of nitrogens with one attached hydrogen (secondary N) is 3. The van der Waals surface area contributed by atoms with Crippen LogP contribution in [-0.4, -0.2) is 62.0 Å². The Labute approximate surface area is 192 Å². The Balaban J connectivity index is 1.41. The van der Waals surface area contributed by atoms with Gasteiger partial charge in [-0.3, -0.25) is 19.6 Å². The van der Waals surface area contributed by atoms with Crippen LogP contribution in [0.4, 0.5) is 18.9 Å². The largest absolute Gasteiger partial charge is 0.370 e. The summed E-state index contributed by atoms with van der Waals surface area (Å²) < 4.78 is 40.8. The number of nitriles is 1. The maximum atomic E-state index is 13.7. The highest BCUT2D eigenvalue weighted by atomic mass is 19.3. The molecule has 2 aliphatic rings. The first kappa shape index (κ1) is 23.7. The van der Waals surface area contributed by atoms with Gasteiger partial charge < -0.3 is 15.7 Å². The molecule has 0 spiro atoms. The van der Waals surface area contributed by atoms with Gasteiger partial charge in [-0.05, 0) is 31.5 Å². The van der Waals surface area contributed by atoms with Crippen molar-refractivity contribution in [2.24, 2.45) is 5.92 Å². The van der Waals surface area contributed by atoms with Crippen LogP contribution in [0.1, 0.15) is 37.4 Å². The zero-order valence-corrected chi connectivity index (χ0v) is 18.1. The van der Waals surface area contributed by atoms with Crippen molar-refractivity contribution in [1.29, 1.82) is 5.26 Å². The SMILES string of the molecule is C[C@H]1[C@@H](C(=O)Nc2ccc(F)c(C#N)c2)CCN1C(O)C(=O)NC1(c2c[nH]nn2)CC(F)(F)C1. The molecule has 1 saturated carbocycles. The van der Waals surface area contributed by atoms with Crippen LogP contribution >= 0.6 is 0 Å². The van der Waals surface area contributed by atoms with Gasteiger partial charge in [-0.25, -0.2) is 13.2 Å². The number of hydrogen-bond acceptors (Lipinski definition) is 7. The van der Waals surface area contributed by atoms with Crippen LogP contribution in [0.5, 0.6) is 0 Å². The minimum absolute atomic E-state index is 0.140. The molecule has 3 atom stereocenters. The molecule has 10 nitrogen and oxygen atoms in total. The Kier molecular flexibility index (Phi) is 6.05. The van der Waals surface area contributed by atoms with Crippen molar-refractivity contribution in [3.63, 3.8) is 0 Å². The van der Waals surface area contributed by atoms with Crippen molar-refractivity contribution in [3.05, 3.63) is 41.5 Å². The highest BCUT2D eigenvalue weighted by Gasteiger charge is 2.60. The Morgan fingerprint density at radius 3 is 2.74 bits per heavy atom. The summed E-state index contributed by atoms with van der Waals surface area (Å²) in [5.41, 5.74) is -1.28. The van der Waals surface area contributed by atoms with Crippen molar-refractivity contribution < 1.29 is 27.9 Å². The van der Waals surface area contributed by atoms with Gasteiger partial charge in [0.25, 0.3) is 11.8 Å². The Morgan fingerprint density at radius 1 is 1.38 bits per heavy atom. The topological polar surface area (TPSA) is 147 Å². The van der Waals surface area contributed by atoms with E-state index in [0.29, 0.717) is 6.42 Å². The second kappa shape index (κ2) is 8.69. The number of H-pyrrole nitrogens is 1. The zero-order chi connectivity index (χ0) is 24.7. The number of carbonyl (C=O) groups is 2. The summed E-state index contributed by atoms with van der Waals surface area (Å²) in [4.78, 5) is 26.9. The second-order valence-electron chi connectivity index (χ2n) is 8.68. The van der Waals surface area contributed by atoms with Crippen molar-refractivity contribution in [1.82, 2.24) is 25.6 Å². The number of hydrogen-bond donors (Lipinski definition) is 4. The lowest BCUT2D eigenvalue weighted by molar-refractivity contribution is -0.162. The summed E-state index contributed by atoms with van der Waals surface area (Å²) in [6, 6.07) is 4.74. The Bertz CT molecular complexity index is 1130. The molecule has 1 unspecified atom stereocenters. The lowest BCUT2D eigenvalue weighted by Gasteiger charge is -2.46. The fraction of sp³-hybridized carbons (Fsp3) is 0.476. The summed E-state index contributed by atoms with van der Waals surface area (Å²) in [5, 5.41) is 34.4. The number of likely N-dealkylation sites (tertiary alicyclic amines) is 1. The molecule has 1 aliphatic heterocycles. The molecule has 1 saturated heterocycles. The van der Waals surface area contributed by atoms with Crippen molar-refractivity contribution >= 4 is 17.5 Å². The van der Waals surface area contributed by atoms with Gasteiger partial charge in [-0.15, -0.1) is 5.10 Å². The standard InChI is InChI=1S/C21H22F3N7O3/c1-11-14(17(32)27-13-2-3-15(22)12(6-13)7-25)4-5-31(11)19(34)18(33)28-20(9-21(23,24)10-20)16-8-26-30-29-16/h2-3,6,8,11,14,19,34H,4-5,9-10H2,1H3,(H,27,32)(H,28,33)(H,26,29,30)/t11-,14-,19?/m0/s1. The number of carbonyl (C=O) groups excluding carboxylic acids is 2. The van der Waals surface area contributed by atoms with Crippen molar-refractivity contribution in [3.8, 4) is 6.07 Å². The number of benzene rings is 1. The highest BCUT2D eigenvalue weighted by Crippen LogP contribution is 2.51. The maximum absolute atomic E-state index is 13.7. The van der Waals surface area contributed by atoms with Crippen LogP contribution in [0.2, 0.25) is 0 Å². The molecule has 0 radical (unpaired) electrons. The van der Waals surface area contributed by atoms with Gasteiger partial charge in [0.15, 0.2) is 6.23 Å². The molecule has 4 N–H and O–H groups in total. The van der Waals surface area contributed by atoms with E-state index >= 15 is 0 Å². The summed E-state index contributed by atoms with van der Waals surface area (Å²) in [6.07, 6.45) is -1.40. The molecular formula is C21H22F3N7O3. The van der Waals surface area contributed by atoms with E-state index in [1.165, 1.54) is 23.2 Å². The molecular weight excluding hydrogens is 455 g/mol. The van der Waals surface area contributed by atoms with Gasteiger partial charge in [0.05, 0.1) is 17.0 Å². The average molecular weight is 477 g/mol. The van der Waals surface area contributed by atoms with Crippen LogP contribution in [0.3, 0.4) is 0 Å². The third-order valence-electron chi connectivity index (χ3n) is 6.43. The van der Waals surface area contributed by atoms with Gasteiger partial charge in [-0.1, -0.05) is 5.21 Å². The number of aliphatic hydroxyl groups excluding tert-OH is 1. The van der Waals surface area contributed by atoms with Crippen LogP contribution in [0, 0.1) is 23.1 Å². The molecule has 180 valence electrons. The van der Waals surface area contributed by atoms with E-state index in [0.717, 1.165) is 6.07 Å². The number of aromatic nitrogens is 3. The van der Waals surface area contributed by atoms with E-state index in [9.17, 15) is 27.9 Å². The number of aromatic amines is 1. The monoisotopic (exact) mass is 477 g/mol.